The van der Waals surface area contributed by atoms with Crippen molar-refractivity contribution in [3.05, 3.63) is 209 Å². The van der Waals surface area contributed by atoms with Gasteiger partial charge in [0.15, 0.2) is 5.58 Å². The van der Waals surface area contributed by atoms with Gasteiger partial charge < -0.3 is 14.2 Å². The molecule has 0 saturated heterocycles. The first-order chi connectivity index (χ1) is 28.0. The zero-order valence-corrected chi connectivity index (χ0v) is 32.2. The predicted octanol–water partition coefficient (Wildman–Crippen LogP) is 12.8. The van der Waals surface area contributed by atoms with E-state index in [-0.39, 0.29) is 11.5 Å². The summed E-state index contributed by atoms with van der Waals surface area (Å²) in [6.45, 7) is 4.71. The zero-order valence-electron chi connectivity index (χ0n) is 32.2. The monoisotopic (exact) mass is 734 g/mol. The first-order valence-corrected chi connectivity index (χ1v) is 20.1. The summed E-state index contributed by atoms with van der Waals surface area (Å²) in [6, 6.07) is 61.9. The van der Waals surface area contributed by atoms with Crippen LogP contribution in [0.2, 0.25) is 0 Å². The Morgan fingerprint density at radius 3 is 1.98 bits per heavy atom. The Hall–Kier alpha value is -6.84. The van der Waals surface area contributed by atoms with Crippen molar-refractivity contribution in [3.8, 4) is 22.3 Å². The van der Waals surface area contributed by atoms with Gasteiger partial charge in [0.25, 0.3) is 0 Å². The highest BCUT2D eigenvalue weighted by atomic mass is 16.3. The summed E-state index contributed by atoms with van der Waals surface area (Å²) in [5, 5.41) is 2.34. The Balaban J connectivity index is 1.14. The van der Waals surface area contributed by atoms with Crippen LogP contribution < -0.4 is 20.4 Å². The summed E-state index contributed by atoms with van der Waals surface area (Å²) < 4.78 is 7.09. The Kier molecular flexibility index (Phi) is 7.72. The van der Waals surface area contributed by atoms with Crippen LogP contribution in [-0.2, 0) is 5.41 Å². The van der Waals surface area contributed by atoms with Crippen molar-refractivity contribution < 1.29 is 4.42 Å². The molecule has 0 spiro atoms. The Morgan fingerprint density at radius 2 is 1.21 bits per heavy atom. The van der Waals surface area contributed by atoms with E-state index < -0.39 is 0 Å². The molecule has 3 heteroatoms. The van der Waals surface area contributed by atoms with Crippen molar-refractivity contribution in [2.45, 2.75) is 38.1 Å². The van der Waals surface area contributed by atoms with Crippen LogP contribution in [-0.4, -0.2) is 0 Å². The highest BCUT2D eigenvalue weighted by Gasteiger charge is 2.37. The average Bonchev–Trinajstić information content (AvgIpc) is 3.76. The first-order valence-electron chi connectivity index (χ1n) is 20.1. The minimum absolute atomic E-state index is 0.0933. The number of furan rings is 1. The first kappa shape index (κ1) is 33.5. The second-order valence-electron chi connectivity index (χ2n) is 16.0. The standard InChI is InChI=1S/C54H42N2O/c1-54(2)45-24-14-12-22-42(45)43-31-30-41(34-46(43)54)55(40-28-26-37(27-29-40)36-16-6-3-7-17-36)48-33-32-47(52-44-23-13-15-25-51(44)57-53(48)52)56-49(38-18-8-4-9-19-38)35-50(56)39-20-10-5-11-21-39/h3-12,14,16-35,49H,13,15H2,1-2H3. The smallest absolute Gasteiger partial charge is 0.161 e. The third-order valence-corrected chi connectivity index (χ3v) is 12.3. The van der Waals surface area contributed by atoms with Crippen LogP contribution in [0.4, 0.5) is 22.7 Å². The fraction of sp³-hybridized carbons (Fsp3) is 0.111. The Morgan fingerprint density at radius 1 is 0.579 bits per heavy atom. The predicted molar refractivity (Wildman–Crippen MR) is 237 cm³/mol. The molecule has 11 rings (SSSR count). The molecule has 1 unspecified atom stereocenters. The summed E-state index contributed by atoms with van der Waals surface area (Å²) in [7, 11) is 0. The van der Waals surface area contributed by atoms with Crippen LogP contribution in [0, 0.1) is 0 Å². The average molecular weight is 735 g/mol. The lowest BCUT2D eigenvalue weighted by molar-refractivity contribution is 0.572. The topological polar surface area (TPSA) is 19.6 Å². The summed E-state index contributed by atoms with van der Waals surface area (Å²) in [5.74, 6) is 0. The number of fused-ring (bicyclic) bond motifs is 6. The van der Waals surface area contributed by atoms with E-state index in [1.165, 1.54) is 55.4 Å². The van der Waals surface area contributed by atoms with Gasteiger partial charge in [0.05, 0.1) is 22.8 Å². The van der Waals surface area contributed by atoms with Crippen LogP contribution in [0.1, 0.15) is 55.0 Å². The number of nitrogens with zero attached hydrogens (tertiary/aromatic N) is 2. The van der Waals surface area contributed by atoms with E-state index in [0.717, 1.165) is 52.0 Å². The molecule has 3 aliphatic rings. The molecular formula is C54H42N2O. The van der Waals surface area contributed by atoms with Crippen molar-refractivity contribution in [2.24, 2.45) is 0 Å². The zero-order chi connectivity index (χ0) is 38.1. The van der Waals surface area contributed by atoms with E-state index in [4.69, 9.17) is 4.42 Å². The molecule has 0 N–H and O–H groups in total. The normalized spacial score (nSPS) is 16.1. The molecule has 57 heavy (non-hydrogen) atoms. The third-order valence-electron chi connectivity index (χ3n) is 12.3. The van der Waals surface area contributed by atoms with Crippen molar-refractivity contribution >= 4 is 51.6 Å². The summed E-state index contributed by atoms with van der Waals surface area (Å²) in [4.78, 5) is 4.93. The molecule has 0 radical (unpaired) electrons. The van der Waals surface area contributed by atoms with Crippen molar-refractivity contribution in [1.82, 2.24) is 0 Å². The van der Waals surface area contributed by atoms with E-state index in [0.29, 0.717) is 0 Å². The fourth-order valence-corrected chi connectivity index (χ4v) is 9.47. The summed E-state index contributed by atoms with van der Waals surface area (Å²) >= 11 is 0. The van der Waals surface area contributed by atoms with Crippen molar-refractivity contribution in [2.75, 3.05) is 9.80 Å². The van der Waals surface area contributed by atoms with Gasteiger partial charge in [-0.15, -0.1) is 0 Å². The quantitative estimate of drug-likeness (QED) is 0.163. The van der Waals surface area contributed by atoms with Gasteiger partial charge >= 0.3 is 0 Å². The molecule has 0 saturated carbocycles. The lowest BCUT2D eigenvalue weighted by atomic mass is 9.82. The Bertz CT molecular complexity index is 2980. The maximum absolute atomic E-state index is 7.09. The SMILES string of the molecule is CC1(C)c2ccccc2-c2ccc(N(c3ccc(-c4ccccc4)cc3)c3ccc(N4C(c5ccccc5)=CC4c4ccccc4)c4c5c(oc34)=CCCC=5)cc21. The molecule has 0 bridgehead atoms. The van der Waals surface area contributed by atoms with Crippen molar-refractivity contribution in [1.29, 1.82) is 0 Å². The summed E-state index contributed by atoms with van der Waals surface area (Å²) in [6.07, 6.45) is 9.01. The highest BCUT2D eigenvalue weighted by molar-refractivity contribution is 6.06. The molecular weight excluding hydrogens is 693 g/mol. The molecule has 7 aromatic carbocycles. The molecule has 1 aromatic heterocycles. The largest absolute Gasteiger partial charge is 0.454 e. The minimum atomic E-state index is -0.137. The van der Waals surface area contributed by atoms with Crippen molar-refractivity contribution in [3.63, 3.8) is 0 Å². The second-order valence-corrected chi connectivity index (χ2v) is 16.0. The van der Waals surface area contributed by atoms with E-state index >= 15 is 0 Å². The van der Waals surface area contributed by atoms with Gasteiger partial charge in [-0.2, -0.15) is 0 Å². The van der Waals surface area contributed by atoms with Crippen LogP contribution in [0.25, 0.3) is 51.1 Å². The summed E-state index contributed by atoms with van der Waals surface area (Å²) in [5.41, 5.74) is 17.5. The number of hydrogen-bond donors (Lipinski definition) is 0. The van der Waals surface area contributed by atoms with Crippen LogP contribution in [0.5, 0.6) is 0 Å². The molecule has 1 aliphatic heterocycles. The third kappa shape index (κ3) is 5.33. The van der Waals surface area contributed by atoms with E-state index in [1.54, 1.807) is 0 Å². The van der Waals surface area contributed by atoms with Crippen LogP contribution in [0.3, 0.4) is 0 Å². The number of rotatable bonds is 7. The van der Waals surface area contributed by atoms with Crippen LogP contribution >= 0.6 is 0 Å². The molecule has 2 heterocycles. The molecule has 274 valence electrons. The van der Waals surface area contributed by atoms with Crippen LogP contribution in [0.15, 0.2) is 180 Å². The van der Waals surface area contributed by atoms with E-state index in [2.05, 4.69) is 212 Å². The molecule has 1 atom stereocenters. The molecule has 2 aliphatic carbocycles. The lowest BCUT2D eigenvalue weighted by Crippen LogP contribution is -2.35. The minimum Gasteiger partial charge on any atom is -0.454 e. The Labute approximate surface area is 333 Å². The van der Waals surface area contributed by atoms with Gasteiger partial charge in [0.1, 0.15) is 5.42 Å². The van der Waals surface area contributed by atoms with E-state index in [9.17, 15) is 0 Å². The van der Waals surface area contributed by atoms with Gasteiger partial charge in [-0.05, 0) is 106 Å². The molecule has 3 nitrogen and oxygen atoms in total. The second kappa shape index (κ2) is 13.1. The van der Waals surface area contributed by atoms with E-state index in [1.807, 2.05) is 0 Å². The lowest BCUT2D eigenvalue weighted by Gasteiger charge is -2.43. The molecule has 8 aromatic rings. The van der Waals surface area contributed by atoms with Gasteiger partial charge in [-0.1, -0.05) is 153 Å². The maximum Gasteiger partial charge on any atom is 0.161 e. The maximum atomic E-state index is 7.09. The number of anilines is 4. The fourth-order valence-electron chi connectivity index (χ4n) is 9.47. The highest BCUT2D eigenvalue weighted by Crippen LogP contribution is 2.52. The molecule has 0 fully saturated rings. The van der Waals surface area contributed by atoms with Gasteiger partial charge in [-0.25, -0.2) is 0 Å². The van der Waals surface area contributed by atoms with Gasteiger partial charge in [0.2, 0.25) is 0 Å². The number of benzene rings is 7. The number of hydrogen-bond acceptors (Lipinski definition) is 3. The van der Waals surface area contributed by atoms with Gasteiger partial charge in [-0.3, -0.25) is 0 Å². The van der Waals surface area contributed by atoms with Gasteiger partial charge in [0, 0.05) is 27.7 Å². The molecule has 0 amide bonds.